The monoisotopic (exact) mass is 870 g/mol. The number of Topliss-reactive ketones (excluding diaryl/α,β-unsaturated/α-hetero) is 1. The largest absolute Gasteiger partial charge is 0.378 e. The van der Waals surface area contributed by atoms with Crippen LogP contribution in [0.2, 0.25) is 0 Å². The summed E-state index contributed by atoms with van der Waals surface area (Å²) in [6.07, 6.45) is -0.0220. The van der Waals surface area contributed by atoms with E-state index in [1.807, 2.05) is 102 Å². The molecule has 7 N–H and O–H groups in total. The highest BCUT2D eigenvalue weighted by Crippen LogP contribution is 2.22. The first-order valence-electron chi connectivity index (χ1n) is 21.2. The van der Waals surface area contributed by atoms with E-state index in [0.29, 0.717) is 18.8 Å². The number of carbonyl (C=O) groups is 6. The molecular weight excluding hydrogens is 817 g/mol. The maximum atomic E-state index is 14.7. The molecule has 2 bridgehead atoms. The van der Waals surface area contributed by atoms with E-state index < -0.39 is 47.7 Å². The minimum Gasteiger partial charge on any atom is -0.378 e. The smallest absolute Gasteiger partial charge is 0.243 e. The van der Waals surface area contributed by atoms with E-state index in [2.05, 4.69) is 26.6 Å². The van der Waals surface area contributed by atoms with Crippen molar-refractivity contribution in [3.8, 4) is 11.1 Å². The molecule has 0 spiro atoms. The van der Waals surface area contributed by atoms with Gasteiger partial charge in [0.25, 0.3) is 0 Å². The second kappa shape index (κ2) is 23.7. The lowest BCUT2D eigenvalue weighted by molar-refractivity contribution is -0.134. The Kier molecular flexibility index (Phi) is 17.3. The molecule has 0 fully saturated rings. The fraction of sp³-hybridized carbons (Fsp3) is 0.306. The Morgan fingerprint density at radius 3 is 1.94 bits per heavy atom. The van der Waals surface area contributed by atoms with E-state index in [0.717, 1.165) is 32.7 Å². The number of ether oxygens (including phenoxy) is 1. The number of thiophene rings is 1. The number of fused-ring (bicyclic) bond motifs is 18. The summed E-state index contributed by atoms with van der Waals surface area (Å²) in [5.74, 6) is -3.69. The van der Waals surface area contributed by atoms with Gasteiger partial charge in [0, 0.05) is 61.7 Å². The van der Waals surface area contributed by atoms with Crippen LogP contribution in [0.5, 0.6) is 0 Å². The Hall–Kier alpha value is -6.48. The number of nitrogens with two attached hydrogens (primary N) is 1. The maximum absolute atomic E-state index is 14.7. The van der Waals surface area contributed by atoms with E-state index in [1.54, 1.807) is 24.3 Å². The van der Waals surface area contributed by atoms with E-state index in [4.69, 9.17) is 10.5 Å². The molecule has 0 aliphatic carbocycles. The summed E-state index contributed by atoms with van der Waals surface area (Å²) >= 11 is 1.42. The Labute approximate surface area is 371 Å². The maximum Gasteiger partial charge on any atom is 0.243 e. The van der Waals surface area contributed by atoms with Crippen molar-refractivity contribution in [3.63, 3.8) is 0 Å². The van der Waals surface area contributed by atoms with Crippen molar-refractivity contribution in [2.24, 2.45) is 11.7 Å². The third-order valence-corrected chi connectivity index (χ3v) is 11.6. The van der Waals surface area contributed by atoms with Crippen LogP contribution in [-0.4, -0.2) is 79.7 Å². The molecule has 3 heterocycles. The van der Waals surface area contributed by atoms with Gasteiger partial charge in [0.15, 0.2) is 5.78 Å². The standard InChI is InChI=1S/C49H54N6O7S/c50-23-25-62-26-24-51-47(59)38-28-34-15-19-39(20-16-34)52-45(57)21-22-46(58)53-43(32-40-12-7-27-63-40)49(61)55-42(30-35-13-17-37(18-14-35)36-10-5-2-6-11-36)48(60)54-41(44(56)31-38)29-33-8-3-1-4-9-33/h1-20,27,38,41-43H,21-26,28-32,50H2,(H,51,59)(H,52,57)(H,53,58)(H,54,60)(H,55,61)/t38-,41-,42+,43-/m1/s1. The van der Waals surface area contributed by atoms with Crippen molar-refractivity contribution >= 4 is 52.3 Å². The van der Waals surface area contributed by atoms with Crippen molar-refractivity contribution in [1.82, 2.24) is 21.3 Å². The topological polar surface area (TPSA) is 198 Å². The molecule has 13 nitrogen and oxygen atoms in total. The van der Waals surface area contributed by atoms with E-state index in [-0.39, 0.29) is 69.8 Å². The molecule has 63 heavy (non-hydrogen) atoms. The number of amides is 5. The lowest BCUT2D eigenvalue weighted by Gasteiger charge is -2.26. The van der Waals surface area contributed by atoms with Gasteiger partial charge in [0.2, 0.25) is 29.5 Å². The van der Waals surface area contributed by atoms with E-state index in [9.17, 15) is 28.8 Å². The Bertz CT molecular complexity index is 2270. The Morgan fingerprint density at radius 1 is 0.635 bits per heavy atom. The lowest BCUT2D eigenvalue weighted by Crippen LogP contribution is -2.57. The average molecular weight is 871 g/mol. The van der Waals surface area contributed by atoms with Crippen molar-refractivity contribution in [3.05, 3.63) is 148 Å². The Balaban J connectivity index is 1.34. The van der Waals surface area contributed by atoms with Gasteiger partial charge >= 0.3 is 0 Å². The van der Waals surface area contributed by atoms with Gasteiger partial charge in [-0.05, 0) is 64.2 Å². The molecule has 0 saturated carbocycles. The third kappa shape index (κ3) is 14.6. The number of carbonyl (C=O) groups excluding carboxylic acids is 6. The Morgan fingerprint density at radius 2 is 1.25 bits per heavy atom. The van der Waals surface area contributed by atoms with Gasteiger partial charge in [-0.2, -0.15) is 0 Å². The molecule has 7 rings (SSSR count). The molecule has 0 saturated heterocycles. The zero-order valence-corrected chi connectivity index (χ0v) is 35.9. The summed E-state index contributed by atoms with van der Waals surface area (Å²) in [5.41, 5.74) is 10.3. The first kappa shape index (κ1) is 46.0. The number of anilines is 1. The van der Waals surface area contributed by atoms with Crippen LogP contribution < -0.4 is 32.3 Å². The number of nitrogens with one attached hydrogen (secondary N) is 5. The molecule has 5 amide bonds. The molecule has 0 radical (unpaired) electrons. The molecule has 5 aromatic rings. The number of benzene rings is 4. The molecule has 2 aliphatic rings. The van der Waals surface area contributed by atoms with Crippen LogP contribution in [0.3, 0.4) is 0 Å². The van der Waals surface area contributed by atoms with Crippen LogP contribution >= 0.6 is 11.3 Å². The predicted molar refractivity (Wildman–Crippen MR) is 244 cm³/mol. The molecule has 4 atom stereocenters. The summed E-state index contributed by atoms with van der Waals surface area (Å²) in [6.45, 7) is 1.12. The van der Waals surface area contributed by atoms with Crippen molar-refractivity contribution in [2.75, 3.05) is 31.6 Å². The van der Waals surface area contributed by atoms with Crippen molar-refractivity contribution < 1.29 is 33.5 Å². The summed E-state index contributed by atoms with van der Waals surface area (Å²) in [7, 11) is 0. The molecule has 1 aromatic heterocycles. The highest BCUT2D eigenvalue weighted by molar-refractivity contribution is 7.09. The van der Waals surface area contributed by atoms with Crippen LogP contribution in [0.15, 0.2) is 127 Å². The molecule has 4 aromatic carbocycles. The van der Waals surface area contributed by atoms with Crippen molar-refractivity contribution in [2.45, 2.75) is 63.1 Å². The fourth-order valence-electron chi connectivity index (χ4n) is 7.33. The molecule has 0 unspecified atom stereocenters. The highest BCUT2D eigenvalue weighted by atomic mass is 32.1. The second-order valence-electron chi connectivity index (χ2n) is 15.5. The normalized spacial score (nSPS) is 19.2. The lowest BCUT2D eigenvalue weighted by atomic mass is 9.89. The van der Waals surface area contributed by atoms with Gasteiger partial charge in [-0.25, -0.2) is 0 Å². The summed E-state index contributed by atoms with van der Waals surface area (Å²) in [4.78, 5) is 84.5. The quantitative estimate of drug-likeness (QED) is 0.0733. The number of rotatable bonds is 13. The molecule has 14 heteroatoms. The first-order valence-corrected chi connectivity index (χ1v) is 22.1. The summed E-state index contributed by atoms with van der Waals surface area (Å²) in [5, 5.41) is 16.2. The first-order chi connectivity index (χ1) is 30.6. The van der Waals surface area contributed by atoms with E-state index in [1.165, 1.54) is 11.3 Å². The van der Waals surface area contributed by atoms with Crippen LogP contribution in [0.4, 0.5) is 5.69 Å². The SMILES string of the molecule is NCCOCCNC(=O)[C@H]1CC(=O)[C@@H](Cc2ccccc2)NC(=O)[C@H](Cc2ccc(-c3ccccc3)cc2)NC(=O)[C@@H](Cc2cccs2)NC(=O)CCC(=O)Nc2ccc(cc2)C1. The van der Waals surface area contributed by atoms with Crippen LogP contribution in [0, 0.1) is 5.92 Å². The van der Waals surface area contributed by atoms with E-state index >= 15 is 0 Å². The van der Waals surface area contributed by atoms with Crippen LogP contribution in [0.1, 0.15) is 40.8 Å². The van der Waals surface area contributed by atoms with Gasteiger partial charge in [-0.3, -0.25) is 28.8 Å². The third-order valence-electron chi connectivity index (χ3n) is 10.7. The zero-order chi connectivity index (χ0) is 44.4. The van der Waals surface area contributed by atoms with Gasteiger partial charge in [0.05, 0.1) is 19.3 Å². The summed E-state index contributed by atoms with van der Waals surface area (Å²) in [6, 6.07) is 34.1. The molecule has 2 aliphatic heterocycles. The molecular formula is C49H54N6O7S. The van der Waals surface area contributed by atoms with Gasteiger partial charge in [-0.1, -0.05) is 103 Å². The minimum absolute atomic E-state index is 0.0613. The van der Waals surface area contributed by atoms with Crippen LogP contribution in [0.25, 0.3) is 11.1 Å². The van der Waals surface area contributed by atoms with Gasteiger partial charge in [0.1, 0.15) is 12.1 Å². The second-order valence-corrected chi connectivity index (χ2v) is 16.5. The summed E-state index contributed by atoms with van der Waals surface area (Å²) < 4.78 is 5.45. The number of hydrogen-bond acceptors (Lipinski definition) is 9. The van der Waals surface area contributed by atoms with Gasteiger partial charge in [-0.15, -0.1) is 11.3 Å². The highest BCUT2D eigenvalue weighted by Gasteiger charge is 2.33. The predicted octanol–water partition coefficient (Wildman–Crippen LogP) is 4.54. The average Bonchev–Trinajstić information content (AvgIpc) is 3.82. The zero-order valence-electron chi connectivity index (χ0n) is 35.1. The number of ketones is 1. The molecule has 328 valence electrons. The van der Waals surface area contributed by atoms with Crippen LogP contribution in [-0.2, 0) is 59.2 Å². The van der Waals surface area contributed by atoms with Gasteiger partial charge < -0.3 is 37.1 Å². The van der Waals surface area contributed by atoms with Crippen molar-refractivity contribution in [1.29, 1.82) is 0 Å². The number of hydrogen-bond donors (Lipinski definition) is 6. The minimum atomic E-state index is -1.18. The fourth-order valence-corrected chi connectivity index (χ4v) is 8.08.